The highest BCUT2D eigenvalue weighted by Crippen LogP contribution is 2.28. The monoisotopic (exact) mass is 375 g/mol. The number of carbonyl (C=O) groups is 1. The third-order valence-electron chi connectivity index (χ3n) is 3.04. The van der Waals surface area contributed by atoms with Gasteiger partial charge in [-0.25, -0.2) is 9.97 Å². The Balaban J connectivity index is 1.77. The second-order valence-corrected chi connectivity index (χ2v) is 6.53. The van der Waals surface area contributed by atoms with Crippen LogP contribution < -0.4 is 5.32 Å². The maximum absolute atomic E-state index is 12.4. The Kier molecular flexibility index (Phi) is 5.35. The van der Waals surface area contributed by atoms with Crippen molar-refractivity contribution in [1.82, 2.24) is 9.97 Å². The summed E-state index contributed by atoms with van der Waals surface area (Å²) in [6.45, 7) is 0. The van der Waals surface area contributed by atoms with Gasteiger partial charge < -0.3 is 5.32 Å². The Morgan fingerprint density at radius 2 is 1.79 bits per heavy atom. The highest BCUT2D eigenvalue weighted by molar-refractivity contribution is 7.99. The van der Waals surface area contributed by atoms with Crippen molar-refractivity contribution in [1.29, 1.82) is 0 Å². The summed E-state index contributed by atoms with van der Waals surface area (Å²) >= 11 is 13.4. The number of hydrogen-bond donors (Lipinski definition) is 1. The van der Waals surface area contributed by atoms with Crippen LogP contribution in [0.15, 0.2) is 71.0 Å². The van der Waals surface area contributed by atoms with Gasteiger partial charge in [-0.05, 0) is 36.4 Å². The van der Waals surface area contributed by atoms with Crippen LogP contribution in [-0.2, 0) is 0 Å². The van der Waals surface area contributed by atoms with Crippen molar-refractivity contribution in [2.24, 2.45) is 0 Å². The first kappa shape index (κ1) is 16.8. The van der Waals surface area contributed by atoms with E-state index in [1.807, 2.05) is 18.2 Å². The molecule has 0 aliphatic carbocycles. The molecular formula is C17H11Cl2N3OS. The molecule has 0 aliphatic heterocycles. The topological polar surface area (TPSA) is 54.9 Å². The summed E-state index contributed by atoms with van der Waals surface area (Å²) < 4.78 is 0. The second-order valence-electron chi connectivity index (χ2n) is 4.71. The Labute approximate surface area is 153 Å². The molecule has 120 valence electrons. The van der Waals surface area contributed by atoms with Crippen LogP contribution in [0.3, 0.4) is 0 Å². The number of nitrogens with one attached hydrogen (secondary N) is 1. The van der Waals surface area contributed by atoms with Crippen LogP contribution in [0.2, 0.25) is 10.0 Å². The van der Waals surface area contributed by atoms with Gasteiger partial charge in [-0.3, -0.25) is 4.79 Å². The van der Waals surface area contributed by atoms with E-state index in [0.717, 1.165) is 10.1 Å². The third-order valence-corrected chi connectivity index (χ3v) is 4.74. The number of anilines is 1. The molecule has 24 heavy (non-hydrogen) atoms. The molecule has 2 heterocycles. The molecule has 7 heteroatoms. The molecule has 0 fully saturated rings. The van der Waals surface area contributed by atoms with Crippen molar-refractivity contribution in [2.75, 3.05) is 5.32 Å². The summed E-state index contributed by atoms with van der Waals surface area (Å²) in [6, 6.07) is 14.1. The predicted octanol–water partition coefficient (Wildman–Crippen LogP) is 5.19. The fourth-order valence-electron chi connectivity index (χ4n) is 1.94. The van der Waals surface area contributed by atoms with Crippen molar-refractivity contribution in [3.8, 4) is 0 Å². The van der Waals surface area contributed by atoms with Crippen molar-refractivity contribution in [2.45, 2.75) is 10.1 Å². The molecule has 0 radical (unpaired) electrons. The average molecular weight is 376 g/mol. The molecule has 4 nitrogen and oxygen atoms in total. The fourth-order valence-corrected chi connectivity index (χ4v) is 3.10. The lowest BCUT2D eigenvalue weighted by Gasteiger charge is -2.08. The molecule has 3 aromatic rings. The molecule has 3 rings (SSSR count). The Morgan fingerprint density at radius 1 is 0.958 bits per heavy atom. The maximum atomic E-state index is 12.4. The van der Waals surface area contributed by atoms with Gasteiger partial charge in [-0.2, -0.15) is 0 Å². The summed E-state index contributed by atoms with van der Waals surface area (Å²) in [5, 5.41) is 4.92. The molecule has 0 bridgehead atoms. The van der Waals surface area contributed by atoms with E-state index in [-0.39, 0.29) is 10.9 Å². The molecule has 0 unspecified atom stereocenters. The van der Waals surface area contributed by atoms with Crippen LogP contribution in [0.25, 0.3) is 0 Å². The van der Waals surface area contributed by atoms with Crippen LogP contribution in [0, 0.1) is 0 Å². The van der Waals surface area contributed by atoms with Crippen LogP contribution in [0.4, 0.5) is 5.69 Å². The molecular weight excluding hydrogens is 365 g/mol. The molecule has 1 N–H and O–H groups in total. The van der Waals surface area contributed by atoms with Gasteiger partial charge in [0.05, 0.1) is 15.6 Å². The zero-order valence-corrected chi connectivity index (χ0v) is 14.6. The fraction of sp³-hybridized carbons (Fsp3) is 0. The van der Waals surface area contributed by atoms with E-state index in [1.165, 1.54) is 11.8 Å². The molecule has 1 aromatic carbocycles. The van der Waals surface area contributed by atoms with Crippen LogP contribution >= 0.6 is 35.0 Å². The molecule has 0 atom stereocenters. The van der Waals surface area contributed by atoms with Gasteiger partial charge in [0.2, 0.25) is 0 Å². The summed E-state index contributed by atoms with van der Waals surface area (Å²) in [6.07, 6.45) is 3.34. The maximum Gasteiger partial charge on any atom is 0.257 e. The number of rotatable bonds is 4. The summed E-state index contributed by atoms with van der Waals surface area (Å²) in [5.74, 6) is -0.331. The van der Waals surface area contributed by atoms with Gasteiger partial charge in [0.1, 0.15) is 10.1 Å². The van der Waals surface area contributed by atoms with E-state index in [0.29, 0.717) is 16.3 Å². The lowest BCUT2D eigenvalue weighted by molar-refractivity contribution is 0.102. The van der Waals surface area contributed by atoms with E-state index < -0.39 is 0 Å². The van der Waals surface area contributed by atoms with Gasteiger partial charge in [-0.15, -0.1) is 0 Å². The minimum atomic E-state index is -0.331. The van der Waals surface area contributed by atoms with Crippen molar-refractivity contribution < 1.29 is 4.79 Å². The van der Waals surface area contributed by atoms with E-state index >= 15 is 0 Å². The SMILES string of the molecule is O=C(Nc1ccnc(Sc2ccccn2)c1)c1cccc(Cl)c1Cl. The lowest BCUT2D eigenvalue weighted by Crippen LogP contribution is -2.12. The number of halogens is 2. The standard InChI is InChI=1S/C17H11Cl2N3OS/c18-13-5-3-4-12(16(13)19)17(23)22-11-7-9-21-15(10-11)24-14-6-1-2-8-20-14/h1-10H,(H,21,22,23). The van der Waals surface area contributed by atoms with Gasteiger partial charge in [0.15, 0.2) is 0 Å². The molecule has 0 saturated carbocycles. The van der Waals surface area contributed by atoms with Crippen LogP contribution in [-0.4, -0.2) is 15.9 Å². The first-order valence-corrected chi connectivity index (χ1v) is 8.51. The van der Waals surface area contributed by atoms with Crippen LogP contribution in [0.5, 0.6) is 0 Å². The largest absolute Gasteiger partial charge is 0.322 e. The number of pyridine rings is 2. The number of amides is 1. The Bertz CT molecular complexity index is 875. The number of hydrogen-bond acceptors (Lipinski definition) is 4. The summed E-state index contributed by atoms with van der Waals surface area (Å²) in [4.78, 5) is 20.9. The van der Waals surface area contributed by atoms with Gasteiger partial charge >= 0.3 is 0 Å². The van der Waals surface area contributed by atoms with Crippen molar-refractivity contribution in [3.63, 3.8) is 0 Å². The summed E-state index contributed by atoms with van der Waals surface area (Å²) in [5.41, 5.74) is 0.935. The summed E-state index contributed by atoms with van der Waals surface area (Å²) in [7, 11) is 0. The molecule has 0 saturated heterocycles. The average Bonchev–Trinajstić information content (AvgIpc) is 2.58. The third kappa shape index (κ3) is 4.06. The van der Waals surface area contributed by atoms with E-state index in [9.17, 15) is 4.79 Å². The van der Waals surface area contributed by atoms with Gasteiger partial charge in [-0.1, -0.05) is 47.1 Å². The van der Waals surface area contributed by atoms with E-state index in [1.54, 1.807) is 42.7 Å². The van der Waals surface area contributed by atoms with E-state index in [2.05, 4.69) is 15.3 Å². The number of nitrogens with zero attached hydrogens (tertiary/aromatic N) is 2. The van der Waals surface area contributed by atoms with Gasteiger partial charge in [0.25, 0.3) is 5.91 Å². The van der Waals surface area contributed by atoms with Gasteiger partial charge in [0, 0.05) is 18.1 Å². The smallest absolute Gasteiger partial charge is 0.257 e. The number of aromatic nitrogens is 2. The molecule has 0 aliphatic rings. The molecule has 2 aromatic heterocycles. The van der Waals surface area contributed by atoms with E-state index in [4.69, 9.17) is 23.2 Å². The predicted molar refractivity (Wildman–Crippen MR) is 97.0 cm³/mol. The molecule has 1 amide bonds. The normalized spacial score (nSPS) is 10.4. The zero-order chi connectivity index (χ0) is 16.9. The highest BCUT2D eigenvalue weighted by Gasteiger charge is 2.13. The van der Waals surface area contributed by atoms with Crippen LogP contribution in [0.1, 0.15) is 10.4 Å². The Hall–Kier alpha value is -2.08. The number of carbonyl (C=O) groups excluding carboxylic acids is 1. The minimum Gasteiger partial charge on any atom is -0.322 e. The highest BCUT2D eigenvalue weighted by atomic mass is 35.5. The Morgan fingerprint density at radius 3 is 2.58 bits per heavy atom. The lowest BCUT2D eigenvalue weighted by atomic mass is 10.2. The second kappa shape index (κ2) is 7.66. The minimum absolute atomic E-state index is 0.230. The molecule has 0 spiro atoms. The first-order valence-electron chi connectivity index (χ1n) is 6.94. The zero-order valence-electron chi connectivity index (χ0n) is 12.2. The number of benzene rings is 1. The first-order chi connectivity index (χ1) is 11.6. The van der Waals surface area contributed by atoms with Crippen molar-refractivity contribution in [3.05, 3.63) is 76.5 Å². The van der Waals surface area contributed by atoms with Crippen molar-refractivity contribution >= 4 is 46.6 Å². The quantitative estimate of drug-likeness (QED) is 0.681.